The highest BCUT2D eigenvalue weighted by molar-refractivity contribution is 7.86. The van der Waals surface area contributed by atoms with Gasteiger partial charge in [0.25, 0.3) is 10.1 Å². The zero-order valence-electron chi connectivity index (χ0n) is 10.9. The number of halogens is 1. The Labute approximate surface area is 116 Å². The molecule has 0 saturated heterocycles. The van der Waals surface area contributed by atoms with Gasteiger partial charge in [0, 0.05) is 0 Å². The van der Waals surface area contributed by atoms with Crippen LogP contribution in [-0.2, 0) is 14.3 Å². The summed E-state index contributed by atoms with van der Waals surface area (Å²) >= 11 is 0. The normalized spacial score (nSPS) is 13.2. The number of hydrogen-bond acceptors (Lipinski definition) is 5. The van der Waals surface area contributed by atoms with Crippen LogP contribution in [0.5, 0.6) is 0 Å². The van der Waals surface area contributed by atoms with Gasteiger partial charge in [-0.05, 0) is 26.0 Å². The van der Waals surface area contributed by atoms with E-state index >= 15 is 0 Å². The number of rotatable bonds is 4. The van der Waals surface area contributed by atoms with Crippen LogP contribution in [0.3, 0.4) is 0 Å². The first-order chi connectivity index (χ1) is 9.40. The summed E-state index contributed by atoms with van der Waals surface area (Å²) in [7, 11) is -3.97. The summed E-state index contributed by atoms with van der Waals surface area (Å²) in [4.78, 5) is 7.21. The van der Waals surface area contributed by atoms with Crippen LogP contribution in [-0.4, -0.2) is 18.4 Å². The van der Waals surface area contributed by atoms with Crippen LogP contribution >= 0.6 is 0 Å². The summed E-state index contributed by atoms with van der Waals surface area (Å²) in [6.07, 6.45) is 1.06. The summed E-state index contributed by atoms with van der Waals surface area (Å²) < 4.78 is 42.5. The predicted molar refractivity (Wildman–Crippen MR) is 69.9 cm³/mol. The highest BCUT2D eigenvalue weighted by Crippen LogP contribution is 2.23. The van der Waals surface area contributed by atoms with E-state index in [4.69, 9.17) is 4.18 Å². The molecule has 106 valence electrons. The van der Waals surface area contributed by atoms with E-state index in [2.05, 4.69) is 9.97 Å². The molecule has 0 N–H and O–H groups in total. The minimum Gasteiger partial charge on any atom is -0.257 e. The van der Waals surface area contributed by atoms with Crippen molar-refractivity contribution in [3.63, 3.8) is 0 Å². The van der Waals surface area contributed by atoms with E-state index in [0.717, 1.165) is 18.1 Å². The molecule has 0 fully saturated rings. The Balaban J connectivity index is 2.24. The third kappa shape index (κ3) is 3.17. The summed E-state index contributed by atoms with van der Waals surface area (Å²) in [5.41, 5.74) is 0.828. The van der Waals surface area contributed by atoms with Gasteiger partial charge in [0.15, 0.2) is 5.82 Å². The van der Waals surface area contributed by atoms with Crippen LogP contribution in [0.4, 0.5) is 4.39 Å². The van der Waals surface area contributed by atoms with E-state index in [1.165, 1.54) is 19.1 Å². The molecule has 0 bridgehead atoms. The van der Waals surface area contributed by atoms with Crippen LogP contribution in [0.15, 0.2) is 41.7 Å². The van der Waals surface area contributed by atoms with Crippen LogP contribution in [0.2, 0.25) is 0 Å². The second-order valence-electron chi connectivity index (χ2n) is 4.26. The summed E-state index contributed by atoms with van der Waals surface area (Å²) in [6, 6.07) is 6.19. The molecule has 0 spiro atoms. The molecule has 1 aromatic carbocycles. The summed E-state index contributed by atoms with van der Waals surface area (Å²) in [5, 5.41) is 0. The largest absolute Gasteiger partial charge is 0.297 e. The number of hydrogen-bond donors (Lipinski definition) is 0. The zero-order valence-corrected chi connectivity index (χ0v) is 11.8. The molecule has 2 aromatic rings. The van der Waals surface area contributed by atoms with E-state index in [9.17, 15) is 12.8 Å². The van der Waals surface area contributed by atoms with Crippen molar-refractivity contribution in [2.45, 2.75) is 24.8 Å². The highest BCUT2D eigenvalue weighted by Gasteiger charge is 2.22. The molecule has 20 heavy (non-hydrogen) atoms. The molecular formula is C13H13FN2O3S. The SMILES string of the molecule is Cc1ccc(S(=O)(=O)OC(C)c2ncncc2F)cc1. The molecule has 0 saturated carbocycles. The molecule has 5 nitrogen and oxygen atoms in total. The van der Waals surface area contributed by atoms with Crippen LogP contribution in [0.25, 0.3) is 0 Å². The van der Waals surface area contributed by atoms with Gasteiger partial charge in [-0.2, -0.15) is 8.42 Å². The maximum atomic E-state index is 13.5. The molecule has 1 aromatic heterocycles. The molecule has 0 radical (unpaired) electrons. The van der Waals surface area contributed by atoms with Gasteiger partial charge >= 0.3 is 0 Å². The number of nitrogens with zero attached hydrogens (tertiary/aromatic N) is 2. The van der Waals surface area contributed by atoms with Crippen molar-refractivity contribution in [1.82, 2.24) is 9.97 Å². The van der Waals surface area contributed by atoms with Crippen LogP contribution < -0.4 is 0 Å². The topological polar surface area (TPSA) is 69.2 Å². The van der Waals surface area contributed by atoms with Gasteiger partial charge < -0.3 is 0 Å². The first-order valence-corrected chi connectivity index (χ1v) is 7.26. The van der Waals surface area contributed by atoms with Crippen molar-refractivity contribution in [2.75, 3.05) is 0 Å². The van der Waals surface area contributed by atoms with Gasteiger partial charge in [-0.3, -0.25) is 4.18 Å². The van der Waals surface area contributed by atoms with Gasteiger partial charge in [-0.15, -0.1) is 0 Å². The minimum absolute atomic E-state index is 0.0180. The van der Waals surface area contributed by atoms with E-state index in [1.54, 1.807) is 12.1 Å². The molecule has 1 unspecified atom stereocenters. The smallest absolute Gasteiger partial charge is 0.257 e. The van der Waals surface area contributed by atoms with E-state index in [1.807, 2.05) is 6.92 Å². The molecule has 7 heteroatoms. The van der Waals surface area contributed by atoms with Crippen molar-refractivity contribution in [3.8, 4) is 0 Å². The lowest BCUT2D eigenvalue weighted by Crippen LogP contribution is -2.12. The number of aryl methyl sites for hydroxylation is 1. The maximum absolute atomic E-state index is 13.5. The fourth-order valence-electron chi connectivity index (χ4n) is 1.62. The Hall–Kier alpha value is -1.86. The van der Waals surface area contributed by atoms with Gasteiger partial charge in [0.1, 0.15) is 18.1 Å². The monoisotopic (exact) mass is 296 g/mol. The Kier molecular flexibility index (Phi) is 4.10. The van der Waals surface area contributed by atoms with Gasteiger partial charge in [-0.1, -0.05) is 17.7 Å². The first kappa shape index (κ1) is 14.5. The van der Waals surface area contributed by atoms with Crippen molar-refractivity contribution < 1.29 is 17.0 Å². The standard InChI is InChI=1S/C13H13FN2O3S/c1-9-3-5-11(6-4-9)20(17,18)19-10(2)13-12(14)7-15-8-16-13/h3-8,10H,1-2H3. The fraction of sp³-hybridized carbons (Fsp3) is 0.231. The second kappa shape index (κ2) is 5.64. The second-order valence-corrected chi connectivity index (χ2v) is 5.83. The van der Waals surface area contributed by atoms with Crippen LogP contribution in [0.1, 0.15) is 24.3 Å². The van der Waals surface area contributed by atoms with Gasteiger partial charge in [-0.25, -0.2) is 14.4 Å². The Morgan fingerprint density at radius 2 is 1.90 bits per heavy atom. The van der Waals surface area contributed by atoms with Gasteiger partial charge in [0.05, 0.1) is 11.1 Å². The van der Waals surface area contributed by atoms with Crippen molar-refractivity contribution >= 4 is 10.1 Å². The predicted octanol–water partition coefficient (Wildman–Crippen LogP) is 2.39. The Morgan fingerprint density at radius 3 is 2.50 bits per heavy atom. The molecule has 0 aliphatic heterocycles. The minimum atomic E-state index is -3.97. The van der Waals surface area contributed by atoms with E-state index in [0.29, 0.717) is 0 Å². The van der Waals surface area contributed by atoms with Crippen molar-refractivity contribution in [1.29, 1.82) is 0 Å². The average Bonchev–Trinajstić information content (AvgIpc) is 2.39. The zero-order chi connectivity index (χ0) is 14.8. The lowest BCUT2D eigenvalue weighted by Gasteiger charge is -2.13. The Morgan fingerprint density at radius 1 is 1.25 bits per heavy atom. The van der Waals surface area contributed by atoms with Crippen molar-refractivity contribution in [2.24, 2.45) is 0 Å². The van der Waals surface area contributed by atoms with Crippen molar-refractivity contribution in [3.05, 3.63) is 53.9 Å². The molecule has 0 aliphatic carbocycles. The third-order valence-corrected chi connectivity index (χ3v) is 4.05. The molecular weight excluding hydrogens is 283 g/mol. The molecule has 0 aliphatic rings. The molecule has 2 rings (SSSR count). The molecule has 0 amide bonds. The number of benzene rings is 1. The summed E-state index contributed by atoms with van der Waals surface area (Å²) in [5.74, 6) is -0.709. The average molecular weight is 296 g/mol. The third-order valence-electron chi connectivity index (χ3n) is 2.66. The molecule has 1 atom stereocenters. The maximum Gasteiger partial charge on any atom is 0.297 e. The van der Waals surface area contributed by atoms with Crippen LogP contribution in [0, 0.1) is 12.7 Å². The lowest BCUT2D eigenvalue weighted by molar-refractivity contribution is 0.223. The quantitative estimate of drug-likeness (QED) is 0.810. The molecule has 1 heterocycles. The summed E-state index contributed by atoms with van der Waals surface area (Å²) in [6.45, 7) is 3.26. The number of aromatic nitrogens is 2. The highest BCUT2D eigenvalue weighted by atomic mass is 32.2. The Bertz CT molecular complexity index is 702. The van der Waals surface area contributed by atoms with E-state index < -0.39 is 22.0 Å². The van der Waals surface area contributed by atoms with E-state index in [-0.39, 0.29) is 10.6 Å². The van der Waals surface area contributed by atoms with Gasteiger partial charge in [0.2, 0.25) is 0 Å². The first-order valence-electron chi connectivity index (χ1n) is 5.85. The lowest BCUT2D eigenvalue weighted by atomic mass is 10.2. The fourth-order valence-corrected chi connectivity index (χ4v) is 2.67.